The largest absolute Gasteiger partial charge is 0.408 e. The smallest absolute Gasteiger partial charge is 0.343 e. The molecule has 0 bridgehead atoms. The van der Waals surface area contributed by atoms with Gasteiger partial charge >= 0.3 is 6.18 Å². The van der Waals surface area contributed by atoms with Crippen LogP contribution in [0.4, 0.5) is 25.1 Å². The van der Waals surface area contributed by atoms with Gasteiger partial charge in [-0.2, -0.15) is 28.1 Å². The molecule has 1 aromatic rings. The van der Waals surface area contributed by atoms with Crippen molar-refractivity contribution < 1.29 is 18.0 Å². The zero-order valence-electron chi connectivity index (χ0n) is 11.3. The maximum atomic E-state index is 12.4. The summed E-state index contributed by atoms with van der Waals surface area (Å²) in [5.74, 6) is -0.383. The van der Waals surface area contributed by atoms with Crippen LogP contribution in [0, 0.1) is 0 Å². The fraction of sp³-hybridized carbons (Fsp3) is 0.700. The molecule has 0 saturated heterocycles. The van der Waals surface area contributed by atoms with Crippen LogP contribution < -0.4 is 10.8 Å². The van der Waals surface area contributed by atoms with Crippen LogP contribution in [0.1, 0.15) is 27.7 Å². The fourth-order valence-electron chi connectivity index (χ4n) is 0.934. The Morgan fingerprint density at radius 2 is 1.65 bits per heavy atom. The van der Waals surface area contributed by atoms with Gasteiger partial charge in [0.25, 0.3) is 5.95 Å². The predicted octanol–water partition coefficient (Wildman–Crippen LogP) is 3.03. The van der Waals surface area contributed by atoms with Gasteiger partial charge in [-0.15, -0.1) is 0 Å². The van der Waals surface area contributed by atoms with E-state index in [0.29, 0.717) is 0 Å². The van der Waals surface area contributed by atoms with Crippen LogP contribution in [-0.4, -0.2) is 32.8 Å². The normalized spacial score (nSPS) is 14.0. The lowest BCUT2D eigenvalue weighted by Gasteiger charge is -2.20. The van der Waals surface area contributed by atoms with Gasteiger partial charge in [-0.3, -0.25) is 4.84 Å². The van der Waals surface area contributed by atoms with Crippen molar-refractivity contribution in [3.05, 3.63) is 5.28 Å². The summed E-state index contributed by atoms with van der Waals surface area (Å²) >= 11 is 5.62. The molecule has 2 N–H and O–H groups in total. The number of hydrogen-bond acceptors (Lipinski definition) is 6. The first-order valence-corrected chi connectivity index (χ1v) is 6.04. The third kappa shape index (κ3) is 5.74. The number of aromatic nitrogens is 3. The molecular formula is C10H15ClF3N5O. The minimum absolute atomic E-state index is 0.0863. The number of anilines is 2. The number of alkyl halides is 3. The Morgan fingerprint density at radius 3 is 2.15 bits per heavy atom. The van der Waals surface area contributed by atoms with Crippen LogP contribution in [0.25, 0.3) is 0 Å². The van der Waals surface area contributed by atoms with E-state index in [-0.39, 0.29) is 17.2 Å². The van der Waals surface area contributed by atoms with Gasteiger partial charge in [-0.05, 0) is 39.3 Å². The molecule has 0 amide bonds. The van der Waals surface area contributed by atoms with Crippen molar-refractivity contribution in [2.24, 2.45) is 0 Å². The van der Waals surface area contributed by atoms with Gasteiger partial charge in [0.05, 0.1) is 5.60 Å². The van der Waals surface area contributed by atoms with E-state index in [4.69, 9.17) is 16.4 Å². The molecular weight excluding hydrogens is 299 g/mol. The molecule has 0 aromatic carbocycles. The lowest BCUT2D eigenvalue weighted by Crippen LogP contribution is -2.34. The number of hydrogen-bond donors (Lipinski definition) is 2. The van der Waals surface area contributed by atoms with Crippen molar-refractivity contribution in [1.29, 1.82) is 0 Å². The van der Waals surface area contributed by atoms with E-state index in [9.17, 15) is 13.2 Å². The van der Waals surface area contributed by atoms with Crippen LogP contribution in [-0.2, 0) is 4.84 Å². The van der Waals surface area contributed by atoms with E-state index in [1.165, 1.54) is 0 Å². The lowest BCUT2D eigenvalue weighted by molar-refractivity contribution is -0.138. The first kappa shape index (κ1) is 16.7. The molecule has 6 nitrogen and oxygen atoms in total. The van der Waals surface area contributed by atoms with Crippen molar-refractivity contribution in [2.75, 3.05) is 10.8 Å². The zero-order chi connectivity index (χ0) is 15.6. The summed E-state index contributed by atoms with van der Waals surface area (Å²) in [6, 6.07) is -1.82. The summed E-state index contributed by atoms with van der Waals surface area (Å²) in [7, 11) is 0. The summed E-state index contributed by atoms with van der Waals surface area (Å²) < 4.78 is 37.3. The minimum atomic E-state index is -4.42. The lowest BCUT2D eigenvalue weighted by atomic mass is 10.2. The summed E-state index contributed by atoms with van der Waals surface area (Å²) in [6.07, 6.45) is -4.42. The number of rotatable bonds is 4. The average molecular weight is 314 g/mol. The average Bonchev–Trinajstić information content (AvgIpc) is 2.23. The van der Waals surface area contributed by atoms with Crippen LogP contribution >= 0.6 is 11.6 Å². The van der Waals surface area contributed by atoms with E-state index in [0.717, 1.165) is 6.92 Å². The Kier molecular flexibility index (Phi) is 4.98. The third-order valence-corrected chi connectivity index (χ3v) is 2.06. The molecule has 0 unspecified atom stereocenters. The van der Waals surface area contributed by atoms with Crippen molar-refractivity contribution in [3.63, 3.8) is 0 Å². The number of nitrogens with one attached hydrogen (secondary N) is 2. The number of nitrogens with zero attached hydrogens (tertiary/aromatic N) is 3. The molecule has 0 radical (unpaired) electrons. The second-order valence-corrected chi connectivity index (χ2v) is 5.31. The second-order valence-electron chi connectivity index (χ2n) is 4.98. The molecule has 1 aromatic heterocycles. The molecule has 0 aliphatic rings. The van der Waals surface area contributed by atoms with E-state index in [2.05, 4.69) is 25.7 Å². The Balaban J connectivity index is 2.81. The highest BCUT2D eigenvalue weighted by Gasteiger charge is 2.36. The van der Waals surface area contributed by atoms with Gasteiger partial charge in [-0.1, -0.05) is 0 Å². The fourth-order valence-corrected chi connectivity index (χ4v) is 1.09. The van der Waals surface area contributed by atoms with E-state index >= 15 is 0 Å². The molecule has 10 heteroatoms. The summed E-state index contributed by atoms with van der Waals surface area (Å²) in [6.45, 7) is 6.26. The molecule has 1 atom stereocenters. The van der Waals surface area contributed by atoms with Crippen molar-refractivity contribution in [3.8, 4) is 0 Å². The molecule has 1 heterocycles. The molecule has 0 aliphatic carbocycles. The van der Waals surface area contributed by atoms with Crippen LogP contribution in [0.15, 0.2) is 0 Å². The molecule has 114 valence electrons. The second kappa shape index (κ2) is 5.96. The highest BCUT2D eigenvalue weighted by atomic mass is 35.5. The van der Waals surface area contributed by atoms with Gasteiger partial charge in [0.1, 0.15) is 6.04 Å². The minimum Gasteiger partial charge on any atom is -0.343 e. The van der Waals surface area contributed by atoms with Gasteiger partial charge in [0, 0.05) is 0 Å². The number of halogens is 4. The predicted molar refractivity (Wildman–Crippen MR) is 68.4 cm³/mol. The van der Waals surface area contributed by atoms with E-state index < -0.39 is 17.8 Å². The first-order chi connectivity index (χ1) is 8.97. The Hall–Kier alpha value is -1.35. The van der Waals surface area contributed by atoms with Crippen molar-refractivity contribution in [2.45, 2.75) is 45.5 Å². The summed E-state index contributed by atoms with van der Waals surface area (Å²) in [4.78, 5) is 16.2. The zero-order valence-corrected chi connectivity index (χ0v) is 12.1. The maximum Gasteiger partial charge on any atom is 0.408 e. The van der Waals surface area contributed by atoms with Crippen molar-refractivity contribution >= 4 is 23.5 Å². The van der Waals surface area contributed by atoms with Crippen LogP contribution in [0.2, 0.25) is 5.28 Å². The third-order valence-electron chi connectivity index (χ3n) is 1.89. The molecule has 1 rings (SSSR count). The SMILES string of the molecule is C[C@H](Nc1nc(Cl)nc(NOC(C)(C)C)n1)C(F)(F)F. The summed E-state index contributed by atoms with van der Waals surface area (Å²) in [5, 5.41) is 1.84. The van der Waals surface area contributed by atoms with Gasteiger partial charge < -0.3 is 5.32 Å². The standard InChI is InChI=1S/C10H15ClF3N5O/c1-5(10(12,13)14)15-7-16-6(11)17-8(18-7)19-20-9(2,3)4/h5H,1-4H3,(H2,15,16,17,18,19)/t5-/m0/s1. The van der Waals surface area contributed by atoms with E-state index in [1.54, 1.807) is 20.8 Å². The van der Waals surface area contributed by atoms with Gasteiger partial charge in [0.2, 0.25) is 11.2 Å². The Labute approximate surface area is 119 Å². The topological polar surface area (TPSA) is 72.0 Å². The van der Waals surface area contributed by atoms with Gasteiger partial charge in [-0.25, -0.2) is 5.48 Å². The Bertz CT molecular complexity index is 463. The van der Waals surface area contributed by atoms with E-state index in [1.807, 2.05) is 0 Å². The van der Waals surface area contributed by atoms with Crippen LogP contribution in [0.3, 0.4) is 0 Å². The molecule has 0 aliphatic heterocycles. The molecule has 0 saturated carbocycles. The summed E-state index contributed by atoms with van der Waals surface area (Å²) in [5.41, 5.74) is 1.87. The Morgan fingerprint density at radius 1 is 1.10 bits per heavy atom. The van der Waals surface area contributed by atoms with Crippen molar-refractivity contribution in [1.82, 2.24) is 15.0 Å². The molecule has 20 heavy (non-hydrogen) atoms. The monoisotopic (exact) mass is 313 g/mol. The van der Waals surface area contributed by atoms with Crippen LogP contribution in [0.5, 0.6) is 0 Å². The van der Waals surface area contributed by atoms with Gasteiger partial charge in [0.15, 0.2) is 0 Å². The molecule has 0 fully saturated rings. The maximum absolute atomic E-state index is 12.4. The first-order valence-electron chi connectivity index (χ1n) is 5.66. The quantitative estimate of drug-likeness (QED) is 0.833. The highest BCUT2D eigenvalue weighted by Crippen LogP contribution is 2.22. The highest BCUT2D eigenvalue weighted by molar-refractivity contribution is 6.28. The molecule has 0 spiro atoms.